The van der Waals surface area contributed by atoms with Gasteiger partial charge in [-0.3, -0.25) is 4.90 Å². The molecule has 1 N–H and O–H groups in total. The molecule has 2 rings (SSSR count). The minimum atomic E-state index is 0.256. The van der Waals surface area contributed by atoms with Crippen LogP contribution in [-0.2, 0) is 4.74 Å². The lowest BCUT2D eigenvalue weighted by Gasteiger charge is -2.37. The van der Waals surface area contributed by atoms with E-state index in [1.165, 1.54) is 5.56 Å². The third kappa shape index (κ3) is 3.87. The zero-order chi connectivity index (χ0) is 15.2. The lowest BCUT2D eigenvalue weighted by Crippen LogP contribution is -2.46. The molecule has 0 saturated carbocycles. The second-order valence-electron chi connectivity index (χ2n) is 5.34. The molecule has 0 spiro atoms. The van der Waals surface area contributed by atoms with Crippen molar-refractivity contribution in [3.05, 3.63) is 23.8 Å². The van der Waals surface area contributed by atoms with Crippen LogP contribution in [0.3, 0.4) is 0 Å². The molecule has 5 nitrogen and oxygen atoms in total. The molecule has 1 aliphatic heterocycles. The molecule has 1 heterocycles. The molecule has 0 amide bonds. The van der Waals surface area contributed by atoms with E-state index < -0.39 is 0 Å². The van der Waals surface area contributed by atoms with Crippen LogP contribution in [0.25, 0.3) is 0 Å². The molecule has 1 saturated heterocycles. The summed E-state index contributed by atoms with van der Waals surface area (Å²) in [6, 6.07) is 6.46. The van der Waals surface area contributed by atoms with Gasteiger partial charge >= 0.3 is 0 Å². The number of methoxy groups -OCH3 is 2. The zero-order valence-electron chi connectivity index (χ0n) is 13.4. The highest BCUT2D eigenvalue weighted by atomic mass is 16.5. The smallest absolute Gasteiger partial charge is 0.161 e. The van der Waals surface area contributed by atoms with Crippen molar-refractivity contribution in [3.63, 3.8) is 0 Å². The Bertz CT molecular complexity index is 451. The molecule has 1 fully saturated rings. The molecule has 2 unspecified atom stereocenters. The molecule has 1 aromatic carbocycles. The molecule has 5 heteroatoms. The van der Waals surface area contributed by atoms with Gasteiger partial charge in [-0.1, -0.05) is 6.07 Å². The van der Waals surface area contributed by atoms with Crippen LogP contribution in [0.1, 0.15) is 18.5 Å². The van der Waals surface area contributed by atoms with Gasteiger partial charge in [0.05, 0.1) is 26.9 Å². The number of hydrogen-bond acceptors (Lipinski definition) is 5. The Morgan fingerprint density at radius 2 is 2.10 bits per heavy atom. The molecule has 118 valence electrons. The van der Waals surface area contributed by atoms with Crippen molar-refractivity contribution in [2.24, 2.45) is 0 Å². The van der Waals surface area contributed by atoms with Crippen LogP contribution in [0.2, 0.25) is 0 Å². The molecule has 0 aromatic heterocycles. The number of benzene rings is 1. The summed E-state index contributed by atoms with van der Waals surface area (Å²) in [6.07, 6.45) is 0.256. The number of nitrogens with one attached hydrogen (secondary N) is 1. The van der Waals surface area contributed by atoms with Crippen LogP contribution in [0.5, 0.6) is 11.5 Å². The Hall–Kier alpha value is -1.30. The van der Waals surface area contributed by atoms with Gasteiger partial charge in [-0.05, 0) is 31.7 Å². The van der Waals surface area contributed by atoms with Crippen molar-refractivity contribution in [2.45, 2.75) is 19.1 Å². The van der Waals surface area contributed by atoms with Crippen molar-refractivity contribution in [2.75, 3.05) is 47.5 Å². The molecule has 1 aliphatic rings. The molecule has 2 atom stereocenters. The molecular weight excluding hydrogens is 268 g/mol. The summed E-state index contributed by atoms with van der Waals surface area (Å²) < 4.78 is 16.5. The highest BCUT2D eigenvalue weighted by Crippen LogP contribution is 2.32. The second-order valence-corrected chi connectivity index (χ2v) is 5.34. The quantitative estimate of drug-likeness (QED) is 0.865. The fourth-order valence-corrected chi connectivity index (χ4v) is 2.77. The summed E-state index contributed by atoms with van der Waals surface area (Å²) in [6.45, 7) is 5.79. The highest BCUT2D eigenvalue weighted by Gasteiger charge is 2.25. The van der Waals surface area contributed by atoms with Crippen LogP contribution >= 0.6 is 0 Å². The van der Waals surface area contributed by atoms with E-state index >= 15 is 0 Å². The van der Waals surface area contributed by atoms with Gasteiger partial charge in [0.25, 0.3) is 0 Å². The predicted octanol–water partition coefficient (Wildman–Crippen LogP) is 1.68. The Morgan fingerprint density at radius 3 is 2.76 bits per heavy atom. The summed E-state index contributed by atoms with van der Waals surface area (Å²) in [5.41, 5.74) is 1.23. The van der Waals surface area contributed by atoms with Gasteiger partial charge in [-0.15, -0.1) is 0 Å². The average molecular weight is 294 g/mol. The maximum absolute atomic E-state index is 5.77. The first-order chi connectivity index (χ1) is 10.2. The maximum Gasteiger partial charge on any atom is 0.161 e. The van der Waals surface area contributed by atoms with Crippen LogP contribution in [-0.4, -0.2) is 58.5 Å². The lowest BCUT2D eigenvalue weighted by atomic mass is 10.0. The lowest BCUT2D eigenvalue weighted by molar-refractivity contribution is -0.0393. The van der Waals surface area contributed by atoms with Gasteiger partial charge in [0, 0.05) is 25.7 Å². The van der Waals surface area contributed by atoms with Crippen molar-refractivity contribution < 1.29 is 14.2 Å². The number of likely N-dealkylation sites (N-methyl/N-ethyl adjacent to an activating group) is 1. The molecule has 1 aromatic rings. The van der Waals surface area contributed by atoms with E-state index in [0.717, 1.165) is 37.7 Å². The Balaban J connectivity index is 2.10. The van der Waals surface area contributed by atoms with Crippen LogP contribution in [0.15, 0.2) is 18.2 Å². The van der Waals surface area contributed by atoms with E-state index in [1.54, 1.807) is 14.2 Å². The average Bonchev–Trinajstić information content (AvgIpc) is 2.54. The molecule has 0 bridgehead atoms. The SMILES string of the molecule is CNCC1CN(C(C)c2ccc(OC)c(OC)c2)CCO1. The van der Waals surface area contributed by atoms with Crippen molar-refractivity contribution >= 4 is 0 Å². The topological polar surface area (TPSA) is 43.0 Å². The van der Waals surface area contributed by atoms with Crippen LogP contribution in [0, 0.1) is 0 Å². The normalized spacial score (nSPS) is 21.0. The third-order valence-corrected chi connectivity index (χ3v) is 4.04. The number of ether oxygens (including phenoxy) is 3. The number of hydrogen-bond donors (Lipinski definition) is 1. The summed E-state index contributed by atoms with van der Waals surface area (Å²) in [4.78, 5) is 2.45. The second kappa shape index (κ2) is 7.64. The van der Waals surface area contributed by atoms with Gasteiger partial charge in [0.2, 0.25) is 0 Å². The molecule has 0 aliphatic carbocycles. The first-order valence-electron chi connectivity index (χ1n) is 7.41. The van der Waals surface area contributed by atoms with Crippen molar-refractivity contribution in [1.29, 1.82) is 0 Å². The maximum atomic E-state index is 5.77. The zero-order valence-corrected chi connectivity index (χ0v) is 13.4. The van der Waals surface area contributed by atoms with E-state index in [9.17, 15) is 0 Å². The fraction of sp³-hybridized carbons (Fsp3) is 0.625. The van der Waals surface area contributed by atoms with Gasteiger partial charge in [0.15, 0.2) is 11.5 Å². The Morgan fingerprint density at radius 1 is 1.33 bits per heavy atom. The summed E-state index contributed by atoms with van der Waals surface area (Å²) in [7, 11) is 5.29. The van der Waals surface area contributed by atoms with Gasteiger partial charge in [-0.25, -0.2) is 0 Å². The van der Waals surface area contributed by atoms with Crippen LogP contribution < -0.4 is 14.8 Å². The largest absolute Gasteiger partial charge is 0.493 e. The first kappa shape index (κ1) is 16.1. The summed E-state index contributed by atoms with van der Waals surface area (Å²) in [5.74, 6) is 1.55. The van der Waals surface area contributed by atoms with Crippen molar-refractivity contribution in [1.82, 2.24) is 10.2 Å². The van der Waals surface area contributed by atoms with Crippen LogP contribution in [0.4, 0.5) is 0 Å². The Kier molecular flexibility index (Phi) is 5.85. The van der Waals surface area contributed by atoms with E-state index in [0.29, 0.717) is 6.04 Å². The fourth-order valence-electron chi connectivity index (χ4n) is 2.77. The minimum absolute atomic E-state index is 0.256. The number of rotatable bonds is 6. The van der Waals surface area contributed by atoms with Gasteiger partial charge < -0.3 is 19.5 Å². The van der Waals surface area contributed by atoms with E-state index in [4.69, 9.17) is 14.2 Å². The highest BCUT2D eigenvalue weighted by molar-refractivity contribution is 5.43. The summed E-state index contributed by atoms with van der Waals surface area (Å²) >= 11 is 0. The first-order valence-corrected chi connectivity index (χ1v) is 7.41. The monoisotopic (exact) mass is 294 g/mol. The number of morpholine rings is 1. The molecule has 0 radical (unpaired) electrons. The van der Waals surface area contributed by atoms with Crippen molar-refractivity contribution in [3.8, 4) is 11.5 Å². The summed E-state index contributed by atoms with van der Waals surface area (Å²) in [5, 5.41) is 3.18. The third-order valence-electron chi connectivity index (χ3n) is 4.04. The van der Waals surface area contributed by atoms with Gasteiger partial charge in [-0.2, -0.15) is 0 Å². The van der Waals surface area contributed by atoms with E-state index in [1.807, 2.05) is 13.1 Å². The number of nitrogens with zero attached hydrogens (tertiary/aromatic N) is 1. The predicted molar refractivity (Wildman–Crippen MR) is 83.2 cm³/mol. The minimum Gasteiger partial charge on any atom is -0.493 e. The van der Waals surface area contributed by atoms with E-state index in [-0.39, 0.29) is 6.10 Å². The van der Waals surface area contributed by atoms with Gasteiger partial charge in [0.1, 0.15) is 0 Å². The standard InChI is InChI=1S/C16H26N2O3/c1-12(18-7-8-21-14(11-18)10-17-2)13-5-6-15(19-3)16(9-13)20-4/h5-6,9,12,14,17H,7-8,10-11H2,1-4H3. The Labute approximate surface area is 127 Å². The van der Waals surface area contributed by atoms with E-state index in [2.05, 4.69) is 29.3 Å². The molecular formula is C16H26N2O3. The molecule has 21 heavy (non-hydrogen) atoms.